The van der Waals surface area contributed by atoms with Crippen LogP contribution in [0.3, 0.4) is 0 Å². The van der Waals surface area contributed by atoms with Gasteiger partial charge in [-0.05, 0) is 22.0 Å². The summed E-state index contributed by atoms with van der Waals surface area (Å²) >= 11 is 9.21. The van der Waals surface area contributed by atoms with Gasteiger partial charge in [-0.3, -0.25) is 14.2 Å². The summed E-state index contributed by atoms with van der Waals surface area (Å²) in [5.41, 5.74) is -1.12. The topological polar surface area (TPSA) is 91.6 Å². The summed E-state index contributed by atoms with van der Waals surface area (Å²) in [5.74, 6) is -0.409. The maximum absolute atomic E-state index is 12.4. The van der Waals surface area contributed by atoms with Gasteiger partial charge in [0.25, 0.3) is 11.5 Å². The number of carbonyl (C=O) groups is 2. The summed E-state index contributed by atoms with van der Waals surface area (Å²) in [6.45, 7) is 0.483. The maximum Gasteiger partial charge on any atom is 0.407 e. The molecule has 1 aromatic rings. The van der Waals surface area contributed by atoms with Crippen molar-refractivity contribution in [1.82, 2.24) is 14.8 Å². The number of amides is 2. The van der Waals surface area contributed by atoms with Gasteiger partial charge < -0.3 is 15.3 Å². The Balaban J connectivity index is 2.09. The van der Waals surface area contributed by atoms with E-state index in [-0.39, 0.29) is 33.8 Å². The lowest BCUT2D eigenvalue weighted by Crippen LogP contribution is -2.55. The van der Waals surface area contributed by atoms with Crippen molar-refractivity contribution >= 4 is 39.5 Å². The van der Waals surface area contributed by atoms with Crippen molar-refractivity contribution < 1.29 is 14.7 Å². The molecule has 21 heavy (non-hydrogen) atoms. The standard InChI is InChI=1S/C12H11BrClN3O4/c13-6-5-7(14)8-9(18)15-12(17(8)10(6)19)1-3-16(4-2-12)11(20)21/h5H,1-4H2,(H,15,18)(H,20,21). The molecule has 2 amide bonds. The molecule has 0 saturated carbocycles. The summed E-state index contributed by atoms with van der Waals surface area (Å²) in [5, 5.41) is 12.0. The smallest absolute Gasteiger partial charge is 0.407 e. The molecule has 9 heteroatoms. The number of likely N-dealkylation sites (tertiary alicyclic amines) is 1. The highest BCUT2D eigenvalue weighted by molar-refractivity contribution is 9.10. The number of rotatable bonds is 0. The van der Waals surface area contributed by atoms with Crippen molar-refractivity contribution in [2.75, 3.05) is 13.1 Å². The SMILES string of the molecule is O=C1NC2(CCN(C(=O)O)CC2)n2c1c(Cl)cc(Br)c2=O. The van der Waals surface area contributed by atoms with Crippen molar-refractivity contribution in [3.63, 3.8) is 0 Å². The van der Waals surface area contributed by atoms with E-state index < -0.39 is 17.7 Å². The number of nitrogens with zero attached hydrogens (tertiary/aromatic N) is 2. The van der Waals surface area contributed by atoms with Crippen LogP contribution in [0.1, 0.15) is 23.3 Å². The molecule has 3 rings (SSSR count). The molecule has 0 aromatic carbocycles. The normalized spacial score (nSPS) is 19.5. The highest BCUT2D eigenvalue weighted by atomic mass is 79.9. The van der Waals surface area contributed by atoms with Crippen molar-refractivity contribution in [3.8, 4) is 0 Å². The number of halogens is 2. The Morgan fingerprint density at radius 1 is 1.38 bits per heavy atom. The fourth-order valence-corrected chi connectivity index (χ4v) is 3.74. The summed E-state index contributed by atoms with van der Waals surface area (Å²) in [4.78, 5) is 36.8. The number of hydrogen-bond acceptors (Lipinski definition) is 3. The zero-order chi connectivity index (χ0) is 15.4. The first kappa shape index (κ1) is 14.4. The largest absolute Gasteiger partial charge is 0.465 e. The third-order valence-electron chi connectivity index (χ3n) is 3.96. The predicted molar refractivity (Wildman–Crippen MR) is 77.7 cm³/mol. The second kappa shape index (κ2) is 4.74. The molecule has 2 N–H and O–H groups in total. The summed E-state index contributed by atoms with van der Waals surface area (Å²) in [6.07, 6.45) is -0.357. The van der Waals surface area contributed by atoms with E-state index in [4.69, 9.17) is 16.7 Å². The average molecular weight is 377 g/mol. The maximum atomic E-state index is 12.4. The van der Waals surface area contributed by atoms with Gasteiger partial charge in [-0.1, -0.05) is 11.6 Å². The summed E-state index contributed by atoms with van der Waals surface area (Å²) in [7, 11) is 0. The third-order valence-corrected chi connectivity index (χ3v) is 4.82. The number of carbonyl (C=O) groups excluding carboxylic acids is 1. The minimum atomic E-state index is -1.01. The van der Waals surface area contributed by atoms with Crippen LogP contribution >= 0.6 is 27.5 Å². The Morgan fingerprint density at radius 3 is 2.57 bits per heavy atom. The Morgan fingerprint density at radius 2 is 2.00 bits per heavy atom. The quantitative estimate of drug-likeness (QED) is 0.716. The number of hydrogen-bond donors (Lipinski definition) is 2. The number of piperidine rings is 1. The number of fused-ring (bicyclic) bond motifs is 2. The van der Waals surface area contributed by atoms with Crippen LogP contribution < -0.4 is 10.9 Å². The lowest BCUT2D eigenvalue weighted by atomic mass is 9.97. The van der Waals surface area contributed by atoms with Gasteiger partial charge in [0.15, 0.2) is 0 Å². The van der Waals surface area contributed by atoms with Crippen molar-refractivity contribution in [2.45, 2.75) is 18.5 Å². The molecule has 1 fully saturated rings. The van der Waals surface area contributed by atoms with Crippen LogP contribution in [0.2, 0.25) is 5.02 Å². The summed E-state index contributed by atoms with van der Waals surface area (Å²) in [6, 6.07) is 1.40. The molecule has 0 aliphatic carbocycles. The van der Waals surface area contributed by atoms with E-state index in [2.05, 4.69) is 21.2 Å². The van der Waals surface area contributed by atoms with Gasteiger partial charge in [-0.25, -0.2) is 4.79 Å². The Kier molecular flexibility index (Phi) is 3.25. The number of aromatic nitrogens is 1. The van der Waals surface area contributed by atoms with Crippen molar-refractivity contribution in [1.29, 1.82) is 0 Å². The van der Waals surface area contributed by atoms with Crippen LogP contribution in [0.25, 0.3) is 0 Å². The van der Waals surface area contributed by atoms with Gasteiger partial charge in [0, 0.05) is 25.9 Å². The fraction of sp³-hybridized carbons (Fsp3) is 0.417. The molecular weight excluding hydrogens is 366 g/mol. The zero-order valence-corrected chi connectivity index (χ0v) is 13.1. The van der Waals surface area contributed by atoms with Gasteiger partial charge in [-0.15, -0.1) is 0 Å². The molecule has 2 aliphatic rings. The molecule has 3 heterocycles. The van der Waals surface area contributed by atoms with E-state index in [1.807, 2.05) is 0 Å². The first-order valence-electron chi connectivity index (χ1n) is 6.28. The Bertz CT molecular complexity index is 709. The molecule has 7 nitrogen and oxygen atoms in total. The van der Waals surface area contributed by atoms with Crippen LogP contribution in [-0.2, 0) is 5.66 Å². The lowest BCUT2D eigenvalue weighted by molar-refractivity contribution is 0.0725. The predicted octanol–water partition coefficient (Wildman–Crippen LogP) is 1.43. The monoisotopic (exact) mass is 375 g/mol. The molecule has 0 radical (unpaired) electrons. The van der Waals surface area contributed by atoms with Gasteiger partial charge in [0.05, 0.1) is 9.50 Å². The van der Waals surface area contributed by atoms with Crippen molar-refractivity contribution in [2.24, 2.45) is 0 Å². The molecule has 1 spiro atoms. The molecule has 0 unspecified atom stereocenters. The van der Waals surface area contributed by atoms with Crippen LogP contribution in [0, 0.1) is 0 Å². The average Bonchev–Trinajstić information content (AvgIpc) is 2.70. The van der Waals surface area contributed by atoms with E-state index in [1.165, 1.54) is 15.5 Å². The van der Waals surface area contributed by atoms with Gasteiger partial charge in [0.1, 0.15) is 11.4 Å². The molecule has 1 saturated heterocycles. The van der Waals surface area contributed by atoms with E-state index in [0.717, 1.165) is 0 Å². The second-order valence-electron chi connectivity index (χ2n) is 5.08. The molecule has 0 bridgehead atoms. The number of nitrogens with one attached hydrogen (secondary N) is 1. The van der Waals surface area contributed by atoms with Gasteiger partial charge in [-0.2, -0.15) is 0 Å². The minimum absolute atomic E-state index is 0.133. The number of pyridine rings is 1. The van der Waals surface area contributed by atoms with Crippen molar-refractivity contribution in [3.05, 3.63) is 31.6 Å². The minimum Gasteiger partial charge on any atom is -0.465 e. The van der Waals surface area contributed by atoms with Crippen LogP contribution in [0.15, 0.2) is 15.3 Å². The third kappa shape index (κ3) is 2.04. The molecule has 2 aliphatic heterocycles. The number of carboxylic acid groups (broad SMARTS) is 1. The van der Waals surface area contributed by atoms with Crippen LogP contribution in [0.5, 0.6) is 0 Å². The highest BCUT2D eigenvalue weighted by Gasteiger charge is 2.47. The van der Waals surface area contributed by atoms with E-state index >= 15 is 0 Å². The molecular formula is C12H11BrClN3O4. The lowest BCUT2D eigenvalue weighted by Gasteiger charge is -2.39. The van der Waals surface area contributed by atoms with E-state index in [0.29, 0.717) is 12.8 Å². The van der Waals surface area contributed by atoms with Crippen LogP contribution in [0.4, 0.5) is 4.79 Å². The molecule has 1 aromatic heterocycles. The highest BCUT2D eigenvalue weighted by Crippen LogP contribution is 2.35. The summed E-state index contributed by atoms with van der Waals surface area (Å²) < 4.78 is 1.63. The molecule has 112 valence electrons. The second-order valence-corrected chi connectivity index (χ2v) is 6.35. The van der Waals surface area contributed by atoms with Gasteiger partial charge >= 0.3 is 6.09 Å². The van der Waals surface area contributed by atoms with E-state index in [1.54, 1.807) is 0 Å². The molecule has 0 atom stereocenters. The Labute approximate surface area is 132 Å². The zero-order valence-electron chi connectivity index (χ0n) is 10.7. The first-order chi connectivity index (χ1) is 9.85. The Hall–Kier alpha value is -1.54. The van der Waals surface area contributed by atoms with E-state index in [9.17, 15) is 14.4 Å². The van der Waals surface area contributed by atoms with Crippen LogP contribution in [-0.4, -0.2) is 39.7 Å². The fourth-order valence-electron chi connectivity index (χ4n) is 2.92. The first-order valence-corrected chi connectivity index (χ1v) is 7.45. The van der Waals surface area contributed by atoms with Gasteiger partial charge in [0.2, 0.25) is 0 Å².